The minimum atomic E-state index is -0.745. The van der Waals surface area contributed by atoms with Crippen molar-refractivity contribution in [3.8, 4) is 11.5 Å². The summed E-state index contributed by atoms with van der Waals surface area (Å²) in [5.74, 6) is -0.472. The van der Waals surface area contributed by atoms with Gasteiger partial charge in [0.2, 0.25) is 0 Å². The zero-order chi connectivity index (χ0) is 29.8. The Labute approximate surface area is 253 Å². The fraction of sp³-hybridized carbons (Fsp3) is 0.147. The van der Waals surface area contributed by atoms with Crippen LogP contribution in [0.4, 0.5) is 16.2 Å². The second-order valence-corrected chi connectivity index (χ2v) is 10.6. The predicted molar refractivity (Wildman–Crippen MR) is 167 cm³/mol. The molecular weight excluding hydrogens is 596 g/mol. The third-order valence-corrected chi connectivity index (χ3v) is 7.46. The quantitative estimate of drug-likeness (QED) is 0.149. The molecule has 4 aromatic rings. The molecule has 8 heteroatoms. The molecule has 4 amide bonds. The largest absolute Gasteiger partial charge is 0.490 e. The zero-order valence-corrected chi connectivity index (χ0v) is 25.1. The maximum atomic E-state index is 13.7. The lowest BCUT2D eigenvalue weighted by Gasteiger charge is -2.34. The Bertz CT molecular complexity index is 1620. The number of anilines is 2. The van der Waals surface area contributed by atoms with E-state index < -0.39 is 17.8 Å². The molecule has 1 aliphatic rings. The molecule has 0 spiro atoms. The summed E-state index contributed by atoms with van der Waals surface area (Å²) in [4.78, 5) is 43.0. The number of aryl methyl sites for hydroxylation is 2. The smallest absolute Gasteiger partial charge is 0.343 e. The molecule has 4 aromatic carbocycles. The van der Waals surface area contributed by atoms with Crippen LogP contribution in [0.3, 0.4) is 0 Å². The molecule has 0 bridgehead atoms. The topological polar surface area (TPSA) is 76.2 Å². The van der Waals surface area contributed by atoms with E-state index in [-0.39, 0.29) is 5.57 Å². The van der Waals surface area contributed by atoms with Crippen molar-refractivity contribution in [3.63, 3.8) is 0 Å². The minimum Gasteiger partial charge on any atom is -0.490 e. The van der Waals surface area contributed by atoms with Gasteiger partial charge in [0.05, 0.1) is 22.5 Å². The lowest BCUT2D eigenvalue weighted by Crippen LogP contribution is -2.57. The fourth-order valence-electron chi connectivity index (χ4n) is 4.63. The van der Waals surface area contributed by atoms with Gasteiger partial charge in [-0.15, -0.1) is 0 Å². The first-order valence-corrected chi connectivity index (χ1v) is 14.3. The summed E-state index contributed by atoms with van der Waals surface area (Å²) in [6, 6.07) is 26.0. The summed E-state index contributed by atoms with van der Waals surface area (Å²) in [5.41, 5.74) is 4.48. The van der Waals surface area contributed by atoms with Crippen LogP contribution in [0.25, 0.3) is 6.08 Å². The van der Waals surface area contributed by atoms with Gasteiger partial charge in [0.25, 0.3) is 11.8 Å². The van der Waals surface area contributed by atoms with E-state index in [1.54, 1.807) is 72.8 Å². The van der Waals surface area contributed by atoms with E-state index in [1.165, 1.54) is 17.2 Å². The van der Waals surface area contributed by atoms with E-state index in [0.717, 1.165) is 15.4 Å². The molecule has 42 heavy (non-hydrogen) atoms. The molecule has 5 rings (SSSR count). The number of halogens is 1. The highest BCUT2D eigenvalue weighted by Crippen LogP contribution is 2.39. The molecule has 7 nitrogen and oxygen atoms in total. The normalized spacial score (nSPS) is 13.4. The molecule has 0 radical (unpaired) electrons. The SMILES string of the molecule is CCOc1cc(C=C2C(=O)N(c3ccccc3)C(=O)N(c3ccccc3)C2=O)cc(Br)c1OCc1ccc(C)c(C)c1. The Morgan fingerprint density at radius 3 is 1.88 bits per heavy atom. The summed E-state index contributed by atoms with van der Waals surface area (Å²) in [7, 11) is 0. The van der Waals surface area contributed by atoms with Crippen molar-refractivity contribution >= 4 is 51.2 Å². The van der Waals surface area contributed by atoms with Crippen LogP contribution < -0.4 is 19.3 Å². The van der Waals surface area contributed by atoms with Gasteiger partial charge < -0.3 is 9.47 Å². The number of rotatable bonds is 8. The van der Waals surface area contributed by atoms with Crippen LogP contribution in [0, 0.1) is 13.8 Å². The minimum absolute atomic E-state index is 0.166. The predicted octanol–water partition coefficient (Wildman–Crippen LogP) is 7.63. The molecule has 212 valence electrons. The van der Waals surface area contributed by atoms with Gasteiger partial charge in [0.15, 0.2) is 11.5 Å². The number of urea groups is 1. The first-order chi connectivity index (χ1) is 20.3. The van der Waals surface area contributed by atoms with Crippen molar-refractivity contribution in [1.29, 1.82) is 0 Å². The number of ether oxygens (including phenoxy) is 2. The number of hydrogen-bond donors (Lipinski definition) is 0. The second kappa shape index (κ2) is 12.4. The van der Waals surface area contributed by atoms with Gasteiger partial charge in [0, 0.05) is 0 Å². The van der Waals surface area contributed by atoms with Crippen molar-refractivity contribution in [2.24, 2.45) is 0 Å². The van der Waals surface area contributed by atoms with Gasteiger partial charge in [0.1, 0.15) is 12.2 Å². The molecule has 1 aliphatic heterocycles. The molecular formula is C34H29BrN2O5. The summed E-state index contributed by atoms with van der Waals surface area (Å²) in [5, 5.41) is 0. The molecule has 1 fully saturated rings. The van der Waals surface area contributed by atoms with Gasteiger partial charge in [-0.1, -0.05) is 54.6 Å². The number of imide groups is 2. The van der Waals surface area contributed by atoms with Crippen molar-refractivity contribution in [2.75, 3.05) is 16.4 Å². The fourth-order valence-corrected chi connectivity index (χ4v) is 5.20. The van der Waals surface area contributed by atoms with E-state index in [2.05, 4.69) is 41.9 Å². The van der Waals surface area contributed by atoms with E-state index >= 15 is 0 Å². The van der Waals surface area contributed by atoms with Gasteiger partial charge in [-0.05, 0) is 101 Å². The number of barbiturate groups is 1. The highest BCUT2D eigenvalue weighted by Gasteiger charge is 2.43. The van der Waals surface area contributed by atoms with Crippen LogP contribution in [0.1, 0.15) is 29.2 Å². The highest BCUT2D eigenvalue weighted by molar-refractivity contribution is 9.10. The Kier molecular flexibility index (Phi) is 8.54. The number of amides is 4. The molecule has 0 aromatic heterocycles. The van der Waals surface area contributed by atoms with E-state index in [4.69, 9.17) is 9.47 Å². The van der Waals surface area contributed by atoms with Crippen LogP contribution in [0.15, 0.2) is 101 Å². The third kappa shape index (κ3) is 5.85. The number of hydrogen-bond acceptors (Lipinski definition) is 5. The Hall–Kier alpha value is -4.69. The number of carbonyl (C=O) groups excluding carboxylic acids is 3. The highest BCUT2D eigenvalue weighted by atomic mass is 79.9. The maximum Gasteiger partial charge on any atom is 0.343 e. The van der Waals surface area contributed by atoms with Crippen LogP contribution in [0.2, 0.25) is 0 Å². The van der Waals surface area contributed by atoms with Gasteiger partial charge >= 0.3 is 6.03 Å². The molecule has 0 unspecified atom stereocenters. The number of benzene rings is 4. The standard InChI is InChI=1S/C34H29BrN2O5/c1-4-41-30-20-25(19-29(35)31(30)42-21-24-16-15-22(2)23(3)17-24)18-28-32(38)36(26-11-7-5-8-12-26)34(40)37(33(28)39)27-13-9-6-10-14-27/h5-20H,4,21H2,1-3H3. The summed E-state index contributed by atoms with van der Waals surface area (Å²) in [6.45, 7) is 6.69. The Morgan fingerprint density at radius 2 is 1.33 bits per heavy atom. The Balaban J connectivity index is 1.54. The average molecular weight is 626 g/mol. The lowest BCUT2D eigenvalue weighted by atomic mass is 10.0. The molecule has 0 N–H and O–H groups in total. The van der Waals surface area contributed by atoms with E-state index in [1.807, 2.05) is 13.0 Å². The molecule has 0 saturated carbocycles. The first kappa shape index (κ1) is 28.8. The number of nitrogens with zero attached hydrogens (tertiary/aromatic N) is 2. The van der Waals surface area contributed by atoms with Gasteiger partial charge in [-0.3, -0.25) is 9.59 Å². The van der Waals surface area contributed by atoms with E-state index in [0.29, 0.717) is 46.1 Å². The van der Waals surface area contributed by atoms with Crippen LogP contribution in [-0.4, -0.2) is 24.5 Å². The number of para-hydroxylation sites is 2. The lowest BCUT2D eigenvalue weighted by molar-refractivity contribution is -0.121. The monoisotopic (exact) mass is 624 g/mol. The molecule has 1 saturated heterocycles. The van der Waals surface area contributed by atoms with Crippen molar-refractivity contribution < 1.29 is 23.9 Å². The zero-order valence-electron chi connectivity index (χ0n) is 23.5. The van der Waals surface area contributed by atoms with Gasteiger partial charge in [-0.2, -0.15) is 0 Å². The van der Waals surface area contributed by atoms with Crippen molar-refractivity contribution in [3.05, 3.63) is 123 Å². The van der Waals surface area contributed by atoms with Crippen LogP contribution >= 0.6 is 15.9 Å². The van der Waals surface area contributed by atoms with Crippen molar-refractivity contribution in [1.82, 2.24) is 0 Å². The summed E-state index contributed by atoms with van der Waals surface area (Å²) in [6.07, 6.45) is 1.48. The molecule has 0 aliphatic carbocycles. The molecule has 0 atom stereocenters. The Morgan fingerprint density at radius 1 is 0.738 bits per heavy atom. The third-order valence-electron chi connectivity index (χ3n) is 6.88. The first-order valence-electron chi connectivity index (χ1n) is 13.5. The average Bonchev–Trinajstić information content (AvgIpc) is 2.98. The molecule has 1 heterocycles. The number of carbonyl (C=O) groups is 3. The van der Waals surface area contributed by atoms with Crippen LogP contribution in [0.5, 0.6) is 11.5 Å². The summed E-state index contributed by atoms with van der Waals surface area (Å²) < 4.78 is 12.7. The van der Waals surface area contributed by atoms with Crippen molar-refractivity contribution in [2.45, 2.75) is 27.4 Å². The second-order valence-electron chi connectivity index (χ2n) is 9.76. The van der Waals surface area contributed by atoms with Crippen LogP contribution in [-0.2, 0) is 16.2 Å². The van der Waals surface area contributed by atoms with Gasteiger partial charge in [-0.25, -0.2) is 14.6 Å². The maximum absolute atomic E-state index is 13.7. The summed E-state index contributed by atoms with van der Waals surface area (Å²) >= 11 is 3.59. The van der Waals surface area contributed by atoms with E-state index in [9.17, 15) is 14.4 Å².